The van der Waals surface area contributed by atoms with E-state index in [9.17, 15) is 14.7 Å². The Morgan fingerprint density at radius 1 is 1.29 bits per heavy atom. The Balaban J connectivity index is 1.98. The third-order valence-electron chi connectivity index (χ3n) is 3.47. The fourth-order valence-electron chi connectivity index (χ4n) is 2.39. The number of rotatable bonds is 3. The van der Waals surface area contributed by atoms with Crippen LogP contribution in [-0.2, 0) is 20.9 Å². The summed E-state index contributed by atoms with van der Waals surface area (Å²) < 4.78 is 11.5. The van der Waals surface area contributed by atoms with Gasteiger partial charge in [-0.25, -0.2) is 9.59 Å². The molecule has 24 heavy (non-hydrogen) atoms. The van der Waals surface area contributed by atoms with Crippen molar-refractivity contribution in [3.8, 4) is 0 Å². The van der Waals surface area contributed by atoms with Crippen LogP contribution in [-0.4, -0.2) is 46.4 Å². The maximum Gasteiger partial charge on any atom is 0.411 e. The molecule has 132 valence electrons. The normalized spacial score (nSPS) is 20.8. The highest BCUT2D eigenvalue weighted by Crippen LogP contribution is 2.23. The summed E-state index contributed by atoms with van der Waals surface area (Å²) in [4.78, 5) is 25.8. The Bertz CT molecular complexity index is 596. The average Bonchev–Trinajstić information content (AvgIpc) is 2.87. The lowest BCUT2D eigenvalue weighted by atomic mass is 10.2. The van der Waals surface area contributed by atoms with Crippen LogP contribution in [0.5, 0.6) is 0 Å². The lowest BCUT2D eigenvalue weighted by Crippen LogP contribution is -2.44. The number of hydrogen-bond acceptors (Lipinski definition) is 5. The van der Waals surface area contributed by atoms with Gasteiger partial charge in [-0.05, 0) is 38.5 Å². The van der Waals surface area contributed by atoms with E-state index in [1.807, 2.05) is 24.3 Å². The van der Waals surface area contributed by atoms with E-state index in [-0.39, 0.29) is 19.6 Å². The molecule has 1 N–H and O–H groups in total. The van der Waals surface area contributed by atoms with E-state index in [1.165, 1.54) is 4.90 Å². The predicted octanol–water partition coefficient (Wildman–Crippen LogP) is 2.86. The number of aliphatic hydroxyl groups is 1. The van der Waals surface area contributed by atoms with Crippen LogP contribution in [0.1, 0.15) is 32.8 Å². The Morgan fingerprint density at radius 2 is 1.92 bits per heavy atom. The molecule has 0 radical (unpaired) electrons. The lowest BCUT2D eigenvalue weighted by Gasteiger charge is -2.27. The number of carbonyl (C=O) groups excluding carboxylic acids is 2. The zero-order chi connectivity index (χ0) is 17.9. The van der Waals surface area contributed by atoms with Crippen molar-refractivity contribution >= 4 is 28.0 Å². The molecule has 1 saturated heterocycles. The van der Waals surface area contributed by atoms with Gasteiger partial charge in [0.05, 0.1) is 12.6 Å². The molecule has 2 rings (SSSR count). The Morgan fingerprint density at radius 3 is 2.50 bits per heavy atom. The molecule has 1 aromatic carbocycles. The number of nitrogens with zero attached hydrogens (tertiary/aromatic N) is 1. The molecule has 2 unspecified atom stereocenters. The van der Waals surface area contributed by atoms with Gasteiger partial charge in [-0.3, -0.25) is 4.90 Å². The van der Waals surface area contributed by atoms with Crippen LogP contribution in [0.3, 0.4) is 0 Å². The molecule has 6 nitrogen and oxygen atoms in total. The van der Waals surface area contributed by atoms with Gasteiger partial charge in [0.15, 0.2) is 0 Å². The largest absolute Gasteiger partial charge is 0.459 e. The first-order valence-electron chi connectivity index (χ1n) is 7.74. The van der Waals surface area contributed by atoms with E-state index >= 15 is 0 Å². The fourth-order valence-corrected chi connectivity index (χ4v) is 2.66. The van der Waals surface area contributed by atoms with Gasteiger partial charge in [-0.15, -0.1) is 0 Å². The van der Waals surface area contributed by atoms with Crippen molar-refractivity contribution in [2.75, 3.05) is 6.54 Å². The van der Waals surface area contributed by atoms with Gasteiger partial charge >= 0.3 is 12.1 Å². The Labute approximate surface area is 149 Å². The topological polar surface area (TPSA) is 76.1 Å². The summed E-state index contributed by atoms with van der Waals surface area (Å²) in [6.07, 6.45) is -1.23. The van der Waals surface area contributed by atoms with Crippen LogP contribution in [0.25, 0.3) is 0 Å². The molecule has 1 heterocycles. The first-order chi connectivity index (χ1) is 11.2. The number of likely N-dealkylation sites (tertiary alicyclic amines) is 1. The Hall–Kier alpha value is -1.60. The van der Waals surface area contributed by atoms with E-state index in [0.717, 1.165) is 10.0 Å². The first kappa shape index (κ1) is 18.7. The van der Waals surface area contributed by atoms with Gasteiger partial charge in [0.2, 0.25) is 0 Å². The van der Waals surface area contributed by atoms with Crippen LogP contribution >= 0.6 is 15.9 Å². The number of hydrogen-bond donors (Lipinski definition) is 1. The second kappa shape index (κ2) is 7.53. The van der Waals surface area contributed by atoms with E-state index in [4.69, 9.17) is 9.47 Å². The molecular formula is C17H22BrNO5. The molecule has 0 aliphatic carbocycles. The van der Waals surface area contributed by atoms with Gasteiger partial charge in [0.1, 0.15) is 18.2 Å². The van der Waals surface area contributed by atoms with Crippen molar-refractivity contribution in [1.29, 1.82) is 0 Å². The number of β-amino-alcohol motifs (C(OH)–C–C–N with tert-alkyl or cyclic N) is 1. The van der Waals surface area contributed by atoms with Crippen molar-refractivity contribution in [3.05, 3.63) is 34.3 Å². The highest BCUT2D eigenvalue weighted by Gasteiger charge is 2.41. The number of aliphatic hydroxyl groups excluding tert-OH is 1. The molecule has 0 aromatic heterocycles. The average molecular weight is 400 g/mol. The molecule has 1 amide bonds. The Kier molecular flexibility index (Phi) is 5.87. The molecule has 0 saturated carbocycles. The van der Waals surface area contributed by atoms with Crippen LogP contribution < -0.4 is 0 Å². The van der Waals surface area contributed by atoms with Crippen molar-refractivity contribution in [2.24, 2.45) is 0 Å². The van der Waals surface area contributed by atoms with Crippen molar-refractivity contribution in [2.45, 2.75) is 51.5 Å². The summed E-state index contributed by atoms with van der Waals surface area (Å²) in [6, 6.07) is 6.56. The van der Waals surface area contributed by atoms with Crippen LogP contribution in [0.15, 0.2) is 28.7 Å². The van der Waals surface area contributed by atoms with Gasteiger partial charge in [0, 0.05) is 10.9 Å². The number of amides is 1. The van der Waals surface area contributed by atoms with Crippen molar-refractivity contribution < 1.29 is 24.2 Å². The van der Waals surface area contributed by atoms with Gasteiger partial charge in [-0.1, -0.05) is 28.1 Å². The monoisotopic (exact) mass is 399 g/mol. The minimum atomic E-state index is -0.828. The van der Waals surface area contributed by atoms with Crippen molar-refractivity contribution in [3.63, 3.8) is 0 Å². The molecule has 1 aliphatic heterocycles. The summed E-state index contributed by atoms with van der Waals surface area (Å²) >= 11 is 3.34. The summed E-state index contributed by atoms with van der Waals surface area (Å²) in [5.74, 6) is -0.541. The van der Waals surface area contributed by atoms with E-state index in [1.54, 1.807) is 20.8 Å². The predicted molar refractivity (Wildman–Crippen MR) is 91.3 cm³/mol. The van der Waals surface area contributed by atoms with Crippen LogP contribution in [0, 0.1) is 0 Å². The van der Waals surface area contributed by atoms with E-state index in [0.29, 0.717) is 0 Å². The molecule has 2 atom stereocenters. The third kappa shape index (κ3) is 5.21. The highest BCUT2D eigenvalue weighted by molar-refractivity contribution is 9.10. The van der Waals surface area contributed by atoms with Crippen LogP contribution in [0.2, 0.25) is 0 Å². The minimum absolute atomic E-state index is 0.0625. The van der Waals surface area contributed by atoms with Gasteiger partial charge in [0.25, 0.3) is 0 Å². The maximum absolute atomic E-state index is 12.3. The maximum atomic E-state index is 12.3. The molecule has 0 bridgehead atoms. The fraction of sp³-hybridized carbons (Fsp3) is 0.529. The molecule has 1 aliphatic rings. The second-order valence-corrected chi connectivity index (χ2v) is 7.69. The second-order valence-electron chi connectivity index (χ2n) is 6.77. The molecule has 7 heteroatoms. The zero-order valence-electron chi connectivity index (χ0n) is 14.0. The number of carbonyl (C=O) groups is 2. The van der Waals surface area contributed by atoms with E-state index < -0.39 is 29.8 Å². The number of halogens is 1. The highest BCUT2D eigenvalue weighted by atomic mass is 79.9. The smallest absolute Gasteiger partial charge is 0.411 e. The van der Waals surface area contributed by atoms with Gasteiger partial charge < -0.3 is 14.6 Å². The molecule has 1 aromatic rings. The number of benzene rings is 1. The standard InChI is InChI=1S/C17H22BrNO5/c1-17(2,3)24-16(22)19-9-13(20)8-14(19)15(21)23-10-11-4-6-12(18)7-5-11/h4-7,13-14,20H,8-10H2,1-3H3. The SMILES string of the molecule is CC(C)(C)OC(=O)N1CC(O)CC1C(=O)OCc1ccc(Br)cc1. The first-order valence-corrected chi connectivity index (χ1v) is 8.54. The lowest BCUT2D eigenvalue weighted by molar-refractivity contribution is -0.150. The minimum Gasteiger partial charge on any atom is -0.459 e. The molecule has 0 spiro atoms. The van der Waals surface area contributed by atoms with E-state index in [2.05, 4.69) is 15.9 Å². The number of ether oxygens (including phenoxy) is 2. The van der Waals surface area contributed by atoms with Crippen molar-refractivity contribution in [1.82, 2.24) is 4.90 Å². The third-order valence-corrected chi connectivity index (χ3v) is 4.00. The molecule has 1 fully saturated rings. The summed E-state index contributed by atoms with van der Waals surface area (Å²) in [5, 5.41) is 9.82. The summed E-state index contributed by atoms with van der Waals surface area (Å²) in [6.45, 7) is 5.42. The summed E-state index contributed by atoms with van der Waals surface area (Å²) in [7, 11) is 0. The van der Waals surface area contributed by atoms with Crippen LogP contribution in [0.4, 0.5) is 4.79 Å². The zero-order valence-corrected chi connectivity index (χ0v) is 15.6. The quantitative estimate of drug-likeness (QED) is 0.790. The van der Waals surface area contributed by atoms with Gasteiger partial charge in [-0.2, -0.15) is 0 Å². The summed E-state index contributed by atoms with van der Waals surface area (Å²) in [5.41, 5.74) is 0.171. The molecular weight excluding hydrogens is 378 g/mol. The number of esters is 1.